The number of ether oxygens (including phenoxy) is 3. The first-order valence-electron chi connectivity index (χ1n) is 7.86. The predicted octanol–water partition coefficient (Wildman–Crippen LogP) is 1.41. The maximum Gasteiger partial charge on any atom is 0.254 e. The Morgan fingerprint density at radius 2 is 1.42 bits per heavy atom. The van der Waals surface area contributed by atoms with Crippen molar-refractivity contribution in [3.05, 3.63) is 17.7 Å². The molecular weight excluding hydrogens is 312 g/mol. The van der Waals surface area contributed by atoms with E-state index in [0.717, 1.165) is 6.42 Å². The molecule has 0 bridgehead atoms. The first-order valence-corrected chi connectivity index (χ1v) is 7.86. The number of rotatable bonds is 4. The fraction of sp³-hybridized carbons (Fsp3) is 0.529. The number of carbonyl (C=O) groups is 2. The minimum absolute atomic E-state index is 0.0390. The molecule has 7 heteroatoms. The van der Waals surface area contributed by atoms with Crippen LogP contribution in [0, 0.1) is 0 Å². The molecule has 1 fully saturated rings. The lowest BCUT2D eigenvalue weighted by atomic mass is 10.1. The zero-order valence-electron chi connectivity index (χ0n) is 14.6. The molecule has 1 aliphatic rings. The number of methoxy groups -OCH3 is 3. The van der Waals surface area contributed by atoms with Gasteiger partial charge < -0.3 is 24.0 Å². The zero-order valence-corrected chi connectivity index (χ0v) is 14.6. The van der Waals surface area contributed by atoms with Crippen LogP contribution in [0.25, 0.3) is 0 Å². The summed E-state index contributed by atoms with van der Waals surface area (Å²) in [6.45, 7) is 3.89. The first-order chi connectivity index (χ1) is 11.5. The molecule has 1 saturated heterocycles. The molecule has 1 heterocycles. The summed E-state index contributed by atoms with van der Waals surface area (Å²) in [6.07, 6.45) is 0.760. The van der Waals surface area contributed by atoms with Crippen LogP contribution in [0.5, 0.6) is 17.2 Å². The van der Waals surface area contributed by atoms with E-state index in [1.807, 2.05) is 0 Å². The molecule has 0 N–H and O–H groups in total. The SMILES string of the molecule is COc1cc(C(=O)N2CCCN(C(C)=O)CC2)cc(OC)c1OC. The molecule has 2 rings (SSSR count). The number of hydrogen-bond acceptors (Lipinski definition) is 5. The van der Waals surface area contributed by atoms with E-state index in [0.29, 0.717) is 49.0 Å². The minimum Gasteiger partial charge on any atom is -0.493 e. The molecule has 132 valence electrons. The highest BCUT2D eigenvalue weighted by atomic mass is 16.5. The van der Waals surface area contributed by atoms with Crippen LogP contribution < -0.4 is 14.2 Å². The number of hydrogen-bond donors (Lipinski definition) is 0. The molecule has 24 heavy (non-hydrogen) atoms. The van der Waals surface area contributed by atoms with E-state index in [1.165, 1.54) is 21.3 Å². The number of amides is 2. The third-order valence-electron chi connectivity index (χ3n) is 4.14. The van der Waals surface area contributed by atoms with Crippen LogP contribution in [0.1, 0.15) is 23.7 Å². The van der Waals surface area contributed by atoms with Crippen molar-refractivity contribution in [2.75, 3.05) is 47.5 Å². The van der Waals surface area contributed by atoms with E-state index in [4.69, 9.17) is 14.2 Å². The van der Waals surface area contributed by atoms with Gasteiger partial charge in [-0.3, -0.25) is 9.59 Å². The Balaban J connectivity index is 2.24. The van der Waals surface area contributed by atoms with Gasteiger partial charge in [0.05, 0.1) is 21.3 Å². The Kier molecular flexibility index (Phi) is 5.89. The predicted molar refractivity (Wildman–Crippen MR) is 88.9 cm³/mol. The van der Waals surface area contributed by atoms with Gasteiger partial charge in [-0.15, -0.1) is 0 Å². The smallest absolute Gasteiger partial charge is 0.254 e. The van der Waals surface area contributed by atoms with Gasteiger partial charge in [-0.25, -0.2) is 0 Å². The van der Waals surface area contributed by atoms with Crippen LogP contribution in [0.2, 0.25) is 0 Å². The van der Waals surface area contributed by atoms with E-state index in [-0.39, 0.29) is 11.8 Å². The topological polar surface area (TPSA) is 68.3 Å². The van der Waals surface area contributed by atoms with E-state index < -0.39 is 0 Å². The molecule has 2 amide bonds. The van der Waals surface area contributed by atoms with E-state index >= 15 is 0 Å². The molecule has 0 atom stereocenters. The molecule has 0 radical (unpaired) electrons. The quantitative estimate of drug-likeness (QED) is 0.831. The summed E-state index contributed by atoms with van der Waals surface area (Å²) in [5.41, 5.74) is 0.473. The van der Waals surface area contributed by atoms with Crippen LogP contribution in [0.4, 0.5) is 0 Å². The molecular formula is C17H24N2O5. The van der Waals surface area contributed by atoms with Gasteiger partial charge in [0.25, 0.3) is 5.91 Å². The third kappa shape index (κ3) is 3.72. The Hall–Kier alpha value is -2.44. The summed E-state index contributed by atoms with van der Waals surface area (Å²) in [7, 11) is 4.55. The summed E-state index contributed by atoms with van der Waals surface area (Å²) in [4.78, 5) is 27.9. The molecule has 0 unspecified atom stereocenters. The Labute approximate surface area is 142 Å². The second-order valence-electron chi connectivity index (χ2n) is 5.57. The van der Waals surface area contributed by atoms with Crippen molar-refractivity contribution in [3.8, 4) is 17.2 Å². The Morgan fingerprint density at radius 3 is 1.92 bits per heavy atom. The molecule has 0 spiro atoms. The maximum atomic E-state index is 12.8. The highest BCUT2D eigenvalue weighted by Crippen LogP contribution is 2.38. The van der Waals surface area contributed by atoms with Crippen molar-refractivity contribution in [2.45, 2.75) is 13.3 Å². The normalized spacial score (nSPS) is 14.8. The van der Waals surface area contributed by atoms with Crippen LogP contribution in [-0.2, 0) is 4.79 Å². The van der Waals surface area contributed by atoms with Crippen LogP contribution in [0.3, 0.4) is 0 Å². The highest BCUT2D eigenvalue weighted by molar-refractivity contribution is 5.95. The average molecular weight is 336 g/mol. The van der Waals surface area contributed by atoms with Gasteiger partial charge in [0.15, 0.2) is 11.5 Å². The van der Waals surface area contributed by atoms with Gasteiger partial charge in [0.1, 0.15) is 0 Å². The lowest BCUT2D eigenvalue weighted by Crippen LogP contribution is -2.36. The van der Waals surface area contributed by atoms with Crippen molar-refractivity contribution in [3.63, 3.8) is 0 Å². The van der Waals surface area contributed by atoms with E-state index in [9.17, 15) is 9.59 Å². The van der Waals surface area contributed by atoms with Crippen LogP contribution in [-0.4, -0.2) is 69.1 Å². The standard InChI is InChI=1S/C17H24N2O5/c1-12(20)18-6-5-7-19(9-8-18)17(21)13-10-14(22-2)16(24-4)15(11-13)23-3/h10-11H,5-9H2,1-4H3. The average Bonchev–Trinajstić information content (AvgIpc) is 2.85. The molecule has 1 aliphatic heterocycles. The van der Waals surface area contributed by atoms with Gasteiger partial charge in [-0.1, -0.05) is 0 Å². The van der Waals surface area contributed by atoms with Crippen molar-refractivity contribution in [1.82, 2.24) is 9.80 Å². The fourth-order valence-corrected chi connectivity index (χ4v) is 2.82. The second kappa shape index (κ2) is 7.90. The van der Waals surface area contributed by atoms with Gasteiger partial charge in [0, 0.05) is 38.7 Å². The second-order valence-corrected chi connectivity index (χ2v) is 5.57. The van der Waals surface area contributed by atoms with Gasteiger partial charge in [-0.2, -0.15) is 0 Å². The number of benzene rings is 1. The van der Waals surface area contributed by atoms with Gasteiger partial charge >= 0.3 is 0 Å². The van der Waals surface area contributed by atoms with Crippen molar-refractivity contribution < 1.29 is 23.8 Å². The van der Waals surface area contributed by atoms with Crippen molar-refractivity contribution in [1.29, 1.82) is 0 Å². The molecule has 0 saturated carbocycles. The lowest BCUT2D eigenvalue weighted by Gasteiger charge is -2.22. The molecule has 1 aromatic rings. The monoisotopic (exact) mass is 336 g/mol. The van der Waals surface area contributed by atoms with Crippen molar-refractivity contribution in [2.24, 2.45) is 0 Å². The summed E-state index contributed by atoms with van der Waals surface area (Å²) in [5, 5.41) is 0. The highest BCUT2D eigenvalue weighted by Gasteiger charge is 2.24. The number of carbonyl (C=O) groups excluding carboxylic acids is 2. The fourth-order valence-electron chi connectivity index (χ4n) is 2.82. The summed E-state index contributed by atoms with van der Waals surface area (Å²) < 4.78 is 15.9. The molecule has 0 aliphatic carbocycles. The van der Waals surface area contributed by atoms with Crippen LogP contribution in [0.15, 0.2) is 12.1 Å². The largest absolute Gasteiger partial charge is 0.493 e. The summed E-state index contributed by atoms with van der Waals surface area (Å²) in [5.74, 6) is 1.27. The third-order valence-corrected chi connectivity index (χ3v) is 4.14. The van der Waals surface area contributed by atoms with Crippen molar-refractivity contribution >= 4 is 11.8 Å². The first kappa shape index (κ1) is 17.9. The van der Waals surface area contributed by atoms with Gasteiger partial charge in [0.2, 0.25) is 11.7 Å². The molecule has 1 aromatic carbocycles. The van der Waals surface area contributed by atoms with E-state index in [1.54, 1.807) is 28.9 Å². The van der Waals surface area contributed by atoms with Gasteiger partial charge in [-0.05, 0) is 18.6 Å². The summed E-state index contributed by atoms with van der Waals surface area (Å²) in [6, 6.07) is 3.30. The Bertz CT molecular complexity index is 592. The molecule has 0 aromatic heterocycles. The maximum absolute atomic E-state index is 12.8. The lowest BCUT2D eigenvalue weighted by molar-refractivity contribution is -0.128. The minimum atomic E-state index is -0.111. The zero-order chi connectivity index (χ0) is 17.7. The number of nitrogens with zero attached hydrogens (tertiary/aromatic N) is 2. The van der Waals surface area contributed by atoms with Crippen LogP contribution >= 0.6 is 0 Å². The Morgan fingerprint density at radius 1 is 0.875 bits per heavy atom. The summed E-state index contributed by atoms with van der Waals surface area (Å²) >= 11 is 0. The van der Waals surface area contributed by atoms with E-state index in [2.05, 4.69) is 0 Å². The molecule has 7 nitrogen and oxygen atoms in total.